The lowest BCUT2D eigenvalue weighted by molar-refractivity contribution is 1.21. The molecule has 0 aliphatic rings. The van der Waals surface area contributed by atoms with Crippen LogP contribution in [0.5, 0.6) is 0 Å². The van der Waals surface area contributed by atoms with Gasteiger partial charge in [-0.15, -0.1) is 0 Å². The van der Waals surface area contributed by atoms with Gasteiger partial charge in [0.2, 0.25) is 0 Å². The summed E-state index contributed by atoms with van der Waals surface area (Å²) in [5.41, 5.74) is 2.46. The summed E-state index contributed by atoms with van der Waals surface area (Å²) in [5, 5.41) is 3.78. The molecule has 74 valence electrons. The van der Waals surface area contributed by atoms with Crippen LogP contribution in [0.1, 0.15) is 11.3 Å². The lowest BCUT2D eigenvalue weighted by Crippen LogP contribution is -2.07. The molecular formula is C12H11N3. The van der Waals surface area contributed by atoms with Crippen molar-refractivity contribution in [2.45, 2.75) is 0 Å². The van der Waals surface area contributed by atoms with Crippen LogP contribution < -0.4 is 5.84 Å². The van der Waals surface area contributed by atoms with Crippen LogP contribution in [0.2, 0.25) is 0 Å². The quantitative estimate of drug-likeness (QED) is 0.453. The number of pyridine rings is 1. The van der Waals surface area contributed by atoms with Gasteiger partial charge in [-0.25, -0.2) is 0 Å². The minimum absolute atomic E-state index is 0.705. The average Bonchev–Trinajstić information content (AvgIpc) is 2.33. The third kappa shape index (κ3) is 2.02. The van der Waals surface area contributed by atoms with Crippen molar-refractivity contribution in [1.29, 1.82) is 0 Å². The van der Waals surface area contributed by atoms with Gasteiger partial charge in [-0.3, -0.25) is 4.98 Å². The molecule has 0 atom stereocenters. The van der Waals surface area contributed by atoms with Crippen molar-refractivity contribution in [2.24, 2.45) is 10.9 Å². The summed E-state index contributed by atoms with van der Waals surface area (Å²) in [6.45, 7) is 0. The van der Waals surface area contributed by atoms with E-state index in [0.717, 1.165) is 11.3 Å². The molecule has 1 aromatic carbocycles. The Morgan fingerprint density at radius 1 is 1.00 bits per heavy atom. The monoisotopic (exact) mass is 197 g/mol. The molecule has 1 heterocycles. The molecule has 0 fully saturated rings. The summed E-state index contributed by atoms with van der Waals surface area (Å²) < 4.78 is 0. The van der Waals surface area contributed by atoms with Crippen molar-refractivity contribution in [3.8, 4) is 0 Å². The lowest BCUT2D eigenvalue weighted by atomic mass is 10.1. The summed E-state index contributed by atoms with van der Waals surface area (Å²) in [7, 11) is 0. The number of nitrogens with two attached hydrogens (primary N) is 1. The highest BCUT2D eigenvalue weighted by molar-refractivity contribution is 6.11. The fraction of sp³-hybridized carbons (Fsp3) is 0. The van der Waals surface area contributed by atoms with Crippen molar-refractivity contribution in [3.63, 3.8) is 0 Å². The first-order valence-electron chi connectivity index (χ1n) is 4.66. The molecule has 2 N–H and O–H groups in total. The number of hydrogen-bond acceptors (Lipinski definition) is 3. The maximum atomic E-state index is 5.38. The van der Waals surface area contributed by atoms with E-state index in [1.54, 1.807) is 6.20 Å². The number of benzene rings is 1. The minimum atomic E-state index is 0.705. The summed E-state index contributed by atoms with van der Waals surface area (Å²) >= 11 is 0. The molecule has 0 amide bonds. The Morgan fingerprint density at radius 2 is 1.73 bits per heavy atom. The maximum Gasteiger partial charge on any atom is 0.115 e. The summed E-state index contributed by atoms with van der Waals surface area (Å²) in [6.07, 6.45) is 1.73. The number of hydrogen-bond donors (Lipinski definition) is 1. The Hall–Kier alpha value is -2.16. The highest BCUT2D eigenvalue weighted by atomic mass is 15.1. The minimum Gasteiger partial charge on any atom is -0.323 e. The molecule has 1 aromatic heterocycles. The van der Waals surface area contributed by atoms with Gasteiger partial charge in [0, 0.05) is 11.8 Å². The van der Waals surface area contributed by atoms with Crippen LogP contribution in [0.4, 0.5) is 0 Å². The summed E-state index contributed by atoms with van der Waals surface area (Å²) in [5.74, 6) is 5.38. The Morgan fingerprint density at radius 3 is 2.33 bits per heavy atom. The zero-order valence-electron chi connectivity index (χ0n) is 8.17. The van der Waals surface area contributed by atoms with Crippen molar-refractivity contribution in [1.82, 2.24) is 4.98 Å². The number of nitrogens with zero attached hydrogens (tertiary/aromatic N) is 2. The van der Waals surface area contributed by atoms with Gasteiger partial charge in [-0.1, -0.05) is 36.4 Å². The molecule has 3 heteroatoms. The van der Waals surface area contributed by atoms with Crippen LogP contribution in [-0.2, 0) is 0 Å². The van der Waals surface area contributed by atoms with Crippen LogP contribution >= 0.6 is 0 Å². The van der Waals surface area contributed by atoms with Gasteiger partial charge >= 0.3 is 0 Å². The first kappa shape index (κ1) is 9.40. The predicted molar refractivity (Wildman–Crippen MR) is 60.5 cm³/mol. The van der Waals surface area contributed by atoms with Crippen molar-refractivity contribution >= 4 is 5.71 Å². The molecule has 0 radical (unpaired) electrons. The van der Waals surface area contributed by atoms with Crippen LogP contribution in [0.15, 0.2) is 59.8 Å². The van der Waals surface area contributed by atoms with Crippen molar-refractivity contribution < 1.29 is 0 Å². The van der Waals surface area contributed by atoms with Crippen molar-refractivity contribution in [2.75, 3.05) is 0 Å². The highest BCUT2D eigenvalue weighted by Crippen LogP contribution is 2.07. The first-order chi connectivity index (χ1) is 7.42. The Kier molecular flexibility index (Phi) is 2.74. The second-order valence-corrected chi connectivity index (χ2v) is 3.06. The zero-order chi connectivity index (χ0) is 10.5. The van der Waals surface area contributed by atoms with Crippen molar-refractivity contribution in [3.05, 3.63) is 66.0 Å². The third-order valence-electron chi connectivity index (χ3n) is 2.08. The molecule has 0 saturated heterocycles. The molecule has 0 saturated carbocycles. The van der Waals surface area contributed by atoms with E-state index in [9.17, 15) is 0 Å². The maximum absolute atomic E-state index is 5.38. The second-order valence-electron chi connectivity index (χ2n) is 3.06. The first-order valence-corrected chi connectivity index (χ1v) is 4.66. The molecule has 0 aliphatic heterocycles. The van der Waals surface area contributed by atoms with Gasteiger partial charge < -0.3 is 5.84 Å². The van der Waals surface area contributed by atoms with Gasteiger partial charge in [-0.2, -0.15) is 5.10 Å². The van der Waals surface area contributed by atoms with E-state index in [0.29, 0.717) is 5.71 Å². The molecule has 3 nitrogen and oxygen atoms in total. The Labute approximate surface area is 88.3 Å². The smallest absolute Gasteiger partial charge is 0.115 e. The molecule has 15 heavy (non-hydrogen) atoms. The van der Waals surface area contributed by atoms with Crippen LogP contribution in [0.25, 0.3) is 0 Å². The molecule has 0 aliphatic carbocycles. The highest BCUT2D eigenvalue weighted by Gasteiger charge is 2.06. The fourth-order valence-electron chi connectivity index (χ4n) is 1.39. The van der Waals surface area contributed by atoms with Gasteiger partial charge in [0.15, 0.2) is 0 Å². The van der Waals surface area contributed by atoms with E-state index in [1.165, 1.54) is 0 Å². The molecule has 0 spiro atoms. The number of hydrazone groups is 1. The van der Waals surface area contributed by atoms with Crippen LogP contribution in [-0.4, -0.2) is 10.7 Å². The predicted octanol–water partition coefficient (Wildman–Crippen LogP) is 1.79. The fourth-order valence-corrected chi connectivity index (χ4v) is 1.39. The van der Waals surface area contributed by atoms with E-state index >= 15 is 0 Å². The Bertz CT molecular complexity index is 407. The van der Waals surface area contributed by atoms with Crippen LogP contribution in [0.3, 0.4) is 0 Å². The molecular weight excluding hydrogens is 186 g/mol. The zero-order valence-corrected chi connectivity index (χ0v) is 8.17. The molecule has 0 bridgehead atoms. The van der Waals surface area contributed by atoms with E-state index in [4.69, 9.17) is 5.84 Å². The lowest BCUT2D eigenvalue weighted by Gasteiger charge is -2.03. The topological polar surface area (TPSA) is 51.3 Å². The molecule has 2 aromatic rings. The second kappa shape index (κ2) is 4.37. The molecule has 0 unspecified atom stereocenters. The van der Waals surface area contributed by atoms with E-state index < -0.39 is 0 Å². The van der Waals surface area contributed by atoms with Gasteiger partial charge in [0.05, 0.1) is 5.69 Å². The van der Waals surface area contributed by atoms with Gasteiger partial charge in [0.1, 0.15) is 5.71 Å². The van der Waals surface area contributed by atoms with E-state index in [2.05, 4.69) is 10.1 Å². The summed E-state index contributed by atoms with van der Waals surface area (Å²) in [6, 6.07) is 15.4. The average molecular weight is 197 g/mol. The third-order valence-corrected chi connectivity index (χ3v) is 2.08. The van der Waals surface area contributed by atoms with Gasteiger partial charge in [0.25, 0.3) is 0 Å². The van der Waals surface area contributed by atoms with E-state index in [1.807, 2.05) is 48.5 Å². The van der Waals surface area contributed by atoms with E-state index in [-0.39, 0.29) is 0 Å². The number of aromatic nitrogens is 1. The summed E-state index contributed by atoms with van der Waals surface area (Å²) in [4.78, 5) is 4.22. The normalized spacial score (nSPS) is 11.3. The largest absolute Gasteiger partial charge is 0.323 e. The standard InChI is InChI=1S/C12H11N3/c13-15-12(10-6-2-1-3-7-10)11-8-4-5-9-14-11/h1-9H,13H2. The van der Waals surface area contributed by atoms with Gasteiger partial charge in [-0.05, 0) is 12.1 Å². The van der Waals surface area contributed by atoms with Crippen LogP contribution in [0, 0.1) is 0 Å². The number of rotatable bonds is 2. The molecule has 2 rings (SSSR count). The SMILES string of the molecule is NN=C(c1ccccc1)c1ccccn1. The Balaban J connectivity index is 2.44.